The Kier molecular flexibility index (Phi) is 2.03. The molecule has 11 heavy (non-hydrogen) atoms. The van der Waals surface area contributed by atoms with Gasteiger partial charge in [-0.25, -0.2) is 0 Å². The van der Waals surface area contributed by atoms with Crippen LogP contribution in [-0.2, 0) is 0 Å². The summed E-state index contributed by atoms with van der Waals surface area (Å²) in [6.45, 7) is 10.5. The van der Waals surface area contributed by atoms with Crippen LogP contribution in [0.2, 0.25) is 0 Å². The maximum Gasteiger partial charge on any atom is -0.0104 e. The SMILES string of the molecule is C=CC1=CC=C(C)C(C)(C)C1. The maximum absolute atomic E-state index is 3.78. The summed E-state index contributed by atoms with van der Waals surface area (Å²) in [6, 6.07) is 0. The summed E-state index contributed by atoms with van der Waals surface area (Å²) in [7, 11) is 0. The predicted molar refractivity (Wildman–Crippen MR) is 50.4 cm³/mol. The van der Waals surface area contributed by atoms with E-state index in [9.17, 15) is 0 Å². The fraction of sp³-hybridized carbons (Fsp3) is 0.455. The lowest BCUT2D eigenvalue weighted by Gasteiger charge is -2.29. The molecular weight excluding hydrogens is 132 g/mol. The molecule has 0 saturated carbocycles. The maximum atomic E-state index is 3.78. The molecule has 0 unspecified atom stereocenters. The van der Waals surface area contributed by atoms with Gasteiger partial charge in [-0.05, 0) is 24.3 Å². The van der Waals surface area contributed by atoms with Crippen LogP contribution in [0.5, 0.6) is 0 Å². The molecule has 60 valence electrons. The molecule has 0 nitrogen and oxygen atoms in total. The van der Waals surface area contributed by atoms with Gasteiger partial charge in [0.15, 0.2) is 0 Å². The summed E-state index contributed by atoms with van der Waals surface area (Å²) >= 11 is 0. The predicted octanol–water partition coefficient (Wildman–Crippen LogP) is 3.48. The van der Waals surface area contributed by atoms with Gasteiger partial charge in [0, 0.05) is 0 Å². The van der Waals surface area contributed by atoms with Gasteiger partial charge in [-0.15, -0.1) is 0 Å². The summed E-state index contributed by atoms with van der Waals surface area (Å²) < 4.78 is 0. The zero-order valence-electron chi connectivity index (χ0n) is 7.65. The first kappa shape index (κ1) is 8.32. The topological polar surface area (TPSA) is 0 Å². The lowest BCUT2D eigenvalue weighted by Crippen LogP contribution is -2.15. The van der Waals surface area contributed by atoms with Gasteiger partial charge in [-0.3, -0.25) is 0 Å². The van der Waals surface area contributed by atoms with Crippen LogP contribution in [0.1, 0.15) is 27.2 Å². The molecule has 1 aliphatic carbocycles. The van der Waals surface area contributed by atoms with Gasteiger partial charge in [-0.1, -0.05) is 44.2 Å². The highest BCUT2D eigenvalue weighted by molar-refractivity contribution is 5.33. The lowest BCUT2D eigenvalue weighted by atomic mass is 9.76. The Morgan fingerprint density at radius 3 is 2.55 bits per heavy atom. The van der Waals surface area contributed by atoms with Gasteiger partial charge in [0.25, 0.3) is 0 Å². The Balaban J connectivity index is 2.92. The average molecular weight is 148 g/mol. The molecule has 0 radical (unpaired) electrons. The van der Waals surface area contributed by atoms with Crippen molar-refractivity contribution in [1.82, 2.24) is 0 Å². The molecule has 0 heteroatoms. The van der Waals surface area contributed by atoms with E-state index < -0.39 is 0 Å². The molecule has 1 aliphatic rings. The molecule has 0 spiro atoms. The summed E-state index contributed by atoms with van der Waals surface area (Å²) in [5.41, 5.74) is 3.14. The molecule has 0 atom stereocenters. The first-order valence-electron chi connectivity index (χ1n) is 4.06. The molecule has 0 amide bonds. The second kappa shape index (κ2) is 2.69. The van der Waals surface area contributed by atoms with Gasteiger partial charge in [0.2, 0.25) is 0 Å². The van der Waals surface area contributed by atoms with E-state index in [1.165, 1.54) is 11.1 Å². The molecule has 0 N–H and O–H groups in total. The summed E-state index contributed by atoms with van der Waals surface area (Å²) in [5, 5.41) is 0. The molecule has 1 rings (SSSR count). The molecule has 0 aromatic heterocycles. The van der Waals surface area contributed by atoms with Crippen LogP contribution >= 0.6 is 0 Å². The normalized spacial score (nSPS) is 22.1. The lowest BCUT2D eigenvalue weighted by molar-refractivity contribution is 0.440. The van der Waals surface area contributed by atoms with E-state index in [0.717, 1.165) is 6.42 Å². The highest BCUT2D eigenvalue weighted by Crippen LogP contribution is 2.36. The van der Waals surface area contributed by atoms with Crippen LogP contribution in [0.25, 0.3) is 0 Å². The third-order valence-corrected chi connectivity index (χ3v) is 2.52. The third kappa shape index (κ3) is 1.62. The van der Waals surface area contributed by atoms with Crippen LogP contribution in [0, 0.1) is 5.41 Å². The van der Waals surface area contributed by atoms with Crippen LogP contribution in [-0.4, -0.2) is 0 Å². The number of rotatable bonds is 1. The van der Waals surface area contributed by atoms with Crippen LogP contribution in [0.4, 0.5) is 0 Å². The highest BCUT2D eigenvalue weighted by atomic mass is 14.3. The van der Waals surface area contributed by atoms with Gasteiger partial charge in [0.05, 0.1) is 0 Å². The smallest absolute Gasteiger partial charge is 0.0104 e. The Hall–Kier alpha value is -0.780. The Bertz CT molecular complexity index is 226. The van der Waals surface area contributed by atoms with E-state index in [1.54, 1.807) is 0 Å². The van der Waals surface area contributed by atoms with Gasteiger partial charge < -0.3 is 0 Å². The monoisotopic (exact) mass is 148 g/mol. The molecular formula is C11H16. The van der Waals surface area contributed by atoms with Gasteiger partial charge in [-0.2, -0.15) is 0 Å². The molecule has 0 aliphatic heterocycles. The second-order valence-corrected chi connectivity index (χ2v) is 3.86. The van der Waals surface area contributed by atoms with E-state index >= 15 is 0 Å². The Morgan fingerprint density at radius 2 is 2.09 bits per heavy atom. The molecule has 0 bridgehead atoms. The first-order valence-corrected chi connectivity index (χ1v) is 4.06. The largest absolute Gasteiger partial charge is 0.0988 e. The number of hydrogen-bond acceptors (Lipinski definition) is 0. The van der Waals surface area contributed by atoms with E-state index in [-0.39, 0.29) is 0 Å². The van der Waals surface area contributed by atoms with E-state index in [1.807, 2.05) is 6.08 Å². The summed E-state index contributed by atoms with van der Waals surface area (Å²) in [6.07, 6.45) is 7.43. The molecule has 0 heterocycles. The molecule has 0 aromatic rings. The summed E-state index contributed by atoms with van der Waals surface area (Å²) in [5.74, 6) is 0. The van der Waals surface area contributed by atoms with Crippen molar-refractivity contribution in [2.75, 3.05) is 0 Å². The quantitative estimate of drug-likeness (QED) is 0.534. The Labute approximate surface area is 69.3 Å². The van der Waals surface area contributed by atoms with Gasteiger partial charge >= 0.3 is 0 Å². The van der Waals surface area contributed by atoms with Crippen molar-refractivity contribution < 1.29 is 0 Å². The van der Waals surface area contributed by atoms with E-state index in [0.29, 0.717) is 5.41 Å². The minimum Gasteiger partial charge on any atom is -0.0988 e. The van der Waals surface area contributed by atoms with Crippen molar-refractivity contribution in [2.24, 2.45) is 5.41 Å². The number of hydrogen-bond donors (Lipinski definition) is 0. The van der Waals surface area contributed by atoms with Crippen molar-refractivity contribution in [3.63, 3.8) is 0 Å². The molecule has 0 fully saturated rings. The highest BCUT2D eigenvalue weighted by Gasteiger charge is 2.22. The first-order chi connectivity index (χ1) is 5.06. The van der Waals surface area contributed by atoms with E-state index in [4.69, 9.17) is 0 Å². The fourth-order valence-corrected chi connectivity index (χ4v) is 1.31. The minimum atomic E-state index is 0.332. The van der Waals surface area contributed by atoms with Crippen LogP contribution < -0.4 is 0 Å². The summed E-state index contributed by atoms with van der Waals surface area (Å²) in [4.78, 5) is 0. The average Bonchev–Trinajstić information content (AvgIpc) is 1.95. The van der Waals surface area contributed by atoms with Crippen molar-refractivity contribution in [3.05, 3.63) is 36.0 Å². The van der Waals surface area contributed by atoms with Crippen molar-refractivity contribution in [1.29, 1.82) is 0 Å². The fourth-order valence-electron chi connectivity index (χ4n) is 1.31. The van der Waals surface area contributed by atoms with Crippen LogP contribution in [0.3, 0.4) is 0 Å². The zero-order chi connectivity index (χ0) is 8.48. The molecule has 0 saturated heterocycles. The van der Waals surface area contributed by atoms with Crippen molar-refractivity contribution in [3.8, 4) is 0 Å². The molecule has 0 aromatic carbocycles. The van der Waals surface area contributed by atoms with Crippen LogP contribution in [0.15, 0.2) is 36.0 Å². The third-order valence-electron chi connectivity index (χ3n) is 2.52. The standard InChI is InChI=1S/C11H16/c1-5-10-7-6-9(2)11(3,4)8-10/h5-7H,1,8H2,2-4H3. The second-order valence-electron chi connectivity index (χ2n) is 3.86. The minimum absolute atomic E-state index is 0.332. The zero-order valence-corrected chi connectivity index (χ0v) is 7.65. The number of allylic oxidation sites excluding steroid dienone is 5. The Morgan fingerprint density at radius 1 is 1.45 bits per heavy atom. The van der Waals surface area contributed by atoms with Crippen molar-refractivity contribution in [2.45, 2.75) is 27.2 Å². The van der Waals surface area contributed by atoms with Gasteiger partial charge in [0.1, 0.15) is 0 Å². The van der Waals surface area contributed by atoms with Crippen molar-refractivity contribution >= 4 is 0 Å². The van der Waals surface area contributed by atoms with E-state index in [2.05, 4.69) is 39.5 Å².